The van der Waals surface area contributed by atoms with Crippen molar-refractivity contribution in [1.82, 2.24) is 14.8 Å². The number of aromatic nitrogens is 3. The van der Waals surface area contributed by atoms with Gasteiger partial charge in [-0.3, -0.25) is 4.57 Å². The lowest BCUT2D eigenvalue weighted by molar-refractivity contribution is 0.0697. The van der Waals surface area contributed by atoms with E-state index >= 15 is 0 Å². The molecule has 1 N–H and O–H groups in total. The van der Waals surface area contributed by atoms with E-state index in [1.54, 1.807) is 68.1 Å². The van der Waals surface area contributed by atoms with Crippen LogP contribution in [0.2, 0.25) is 0 Å². The van der Waals surface area contributed by atoms with Gasteiger partial charge in [0.15, 0.2) is 11.5 Å². The molecule has 12 nitrogen and oxygen atoms in total. The van der Waals surface area contributed by atoms with Gasteiger partial charge in [0, 0.05) is 12.0 Å². The van der Waals surface area contributed by atoms with Gasteiger partial charge in [-0.1, -0.05) is 36.4 Å². The normalized spacial score (nSPS) is 11.6. The summed E-state index contributed by atoms with van der Waals surface area (Å²) in [6.45, 7) is 5.92. The van der Waals surface area contributed by atoms with Crippen LogP contribution in [0.15, 0.2) is 89.2 Å². The number of nitrogens with zero attached hydrogens (tertiary/aromatic N) is 3. The van der Waals surface area contributed by atoms with Crippen LogP contribution in [0.3, 0.4) is 0 Å². The minimum atomic E-state index is -3.45. The van der Waals surface area contributed by atoms with Gasteiger partial charge >= 0.3 is 13.6 Å². The fourth-order valence-electron chi connectivity index (χ4n) is 4.72. The summed E-state index contributed by atoms with van der Waals surface area (Å²) in [5, 5.41) is 14.2. The topological polar surface area (TPSA) is 144 Å². The molecular formula is C35H36N3O9P. The van der Waals surface area contributed by atoms with Crippen molar-refractivity contribution in [2.75, 3.05) is 20.3 Å². The summed E-state index contributed by atoms with van der Waals surface area (Å²) in [7, 11) is -1.91. The molecule has 0 saturated heterocycles. The molecule has 0 radical (unpaired) electrons. The van der Waals surface area contributed by atoms with Gasteiger partial charge in [0.2, 0.25) is 11.8 Å². The molecule has 48 heavy (non-hydrogen) atoms. The predicted octanol–water partition coefficient (Wildman–Crippen LogP) is 7.94. The molecule has 0 aliphatic rings. The Morgan fingerprint density at radius 1 is 0.958 bits per heavy atom. The minimum Gasteiger partial charge on any atom is -0.493 e. The summed E-state index contributed by atoms with van der Waals surface area (Å²) in [5.41, 5.74) is 3.18. The standard InChI is InChI=1S/C35H36N3O9P/c1-5-45-48(41,46-6-2)19-18-26-21-38(27-12-8-7-9-13-27)37-33(26)44-22-25-16-17-31(32(20-25)42-4)43-23-30-24(3)47-34(36-30)28-14-10-11-15-29(28)35(39)40/h7-21H,5-6,22-23H2,1-4H3,(H,39,40)/b19-18+. The second kappa shape index (κ2) is 15.6. The van der Waals surface area contributed by atoms with E-state index in [-0.39, 0.29) is 37.9 Å². The van der Waals surface area contributed by atoms with Crippen LogP contribution in [0, 0.1) is 6.92 Å². The molecule has 0 unspecified atom stereocenters. The van der Waals surface area contributed by atoms with E-state index in [0.29, 0.717) is 40.0 Å². The first-order valence-electron chi connectivity index (χ1n) is 15.2. The van der Waals surface area contributed by atoms with E-state index in [4.69, 9.17) is 27.7 Å². The quantitative estimate of drug-likeness (QED) is 0.102. The summed E-state index contributed by atoms with van der Waals surface area (Å²) in [4.78, 5) is 16.2. The van der Waals surface area contributed by atoms with Gasteiger partial charge in [0.1, 0.15) is 24.7 Å². The van der Waals surface area contributed by atoms with E-state index in [0.717, 1.165) is 11.3 Å². The number of oxazole rings is 1. The van der Waals surface area contributed by atoms with Crippen molar-refractivity contribution in [3.63, 3.8) is 0 Å². The largest absolute Gasteiger partial charge is 0.493 e. The number of para-hydroxylation sites is 1. The third-order valence-electron chi connectivity index (χ3n) is 7.03. The maximum atomic E-state index is 13.1. The number of hydrogen-bond donors (Lipinski definition) is 1. The van der Waals surface area contributed by atoms with Gasteiger partial charge < -0.3 is 32.8 Å². The third kappa shape index (κ3) is 8.21. The lowest BCUT2D eigenvalue weighted by Crippen LogP contribution is -2.02. The Morgan fingerprint density at radius 2 is 1.69 bits per heavy atom. The highest BCUT2D eigenvalue weighted by Gasteiger charge is 2.21. The summed E-state index contributed by atoms with van der Waals surface area (Å²) >= 11 is 0. The second-order valence-corrected chi connectivity index (χ2v) is 12.2. The number of carboxylic acid groups (broad SMARTS) is 1. The molecule has 5 aromatic rings. The molecule has 0 spiro atoms. The van der Waals surface area contributed by atoms with Crippen molar-refractivity contribution in [3.8, 4) is 34.5 Å². The number of aryl methyl sites for hydroxylation is 1. The molecule has 250 valence electrons. The highest BCUT2D eigenvalue weighted by atomic mass is 31.2. The zero-order valence-corrected chi connectivity index (χ0v) is 27.9. The van der Waals surface area contributed by atoms with Crippen molar-refractivity contribution >= 4 is 19.6 Å². The van der Waals surface area contributed by atoms with Crippen molar-refractivity contribution < 1.29 is 42.1 Å². The molecule has 0 atom stereocenters. The Hall–Kier alpha value is -5.16. The lowest BCUT2D eigenvalue weighted by atomic mass is 10.1. The summed E-state index contributed by atoms with van der Waals surface area (Å²) in [5.74, 6) is 2.31. The van der Waals surface area contributed by atoms with Gasteiger partial charge in [-0.15, -0.1) is 5.10 Å². The summed E-state index contributed by atoms with van der Waals surface area (Å²) in [6.07, 6.45) is 3.40. The number of carboxylic acids is 1. The molecule has 2 aromatic heterocycles. The first-order chi connectivity index (χ1) is 23.2. The Kier molecular flexibility index (Phi) is 11.1. The van der Waals surface area contributed by atoms with E-state index in [1.165, 1.54) is 19.0 Å². The Labute approximate surface area is 278 Å². The number of aromatic carboxylic acids is 1. The fraction of sp³-hybridized carbons (Fsp3) is 0.229. The molecule has 2 heterocycles. The van der Waals surface area contributed by atoms with E-state index in [1.807, 2.05) is 36.4 Å². The molecule has 0 bridgehead atoms. The second-order valence-electron chi connectivity index (χ2n) is 10.3. The fourth-order valence-corrected chi connectivity index (χ4v) is 6.03. The molecule has 0 saturated carbocycles. The average molecular weight is 674 g/mol. The van der Waals surface area contributed by atoms with E-state index < -0.39 is 13.6 Å². The SMILES string of the molecule is CCOP(=O)(/C=C/c1cn(-c2ccccc2)nc1OCc1ccc(OCc2nc(-c3ccccc3C(=O)O)oc2C)c(OC)c1)OCC. The average Bonchev–Trinajstić information content (AvgIpc) is 3.69. The Morgan fingerprint density at radius 3 is 2.40 bits per heavy atom. The molecule has 5 rings (SSSR count). The molecular weight excluding hydrogens is 637 g/mol. The monoisotopic (exact) mass is 673 g/mol. The van der Waals surface area contributed by atoms with E-state index in [2.05, 4.69) is 10.1 Å². The van der Waals surface area contributed by atoms with Crippen LogP contribution < -0.4 is 14.2 Å². The molecule has 0 aliphatic carbocycles. The van der Waals surface area contributed by atoms with Crippen LogP contribution in [0.4, 0.5) is 0 Å². The van der Waals surface area contributed by atoms with Crippen molar-refractivity contribution in [2.24, 2.45) is 0 Å². The molecule has 3 aromatic carbocycles. The minimum absolute atomic E-state index is 0.0662. The third-order valence-corrected chi connectivity index (χ3v) is 8.78. The number of hydrogen-bond acceptors (Lipinski definition) is 10. The molecule has 13 heteroatoms. The van der Waals surface area contributed by atoms with Gasteiger partial charge in [0.25, 0.3) is 0 Å². The zero-order valence-electron chi connectivity index (χ0n) is 27.0. The van der Waals surface area contributed by atoms with Crippen LogP contribution in [0.5, 0.6) is 17.4 Å². The van der Waals surface area contributed by atoms with Gasteiger partial charge in [0.05, 0.1) is 42.7 Å². The molecule has 0 amide bonds. The number of rotatable bonds is 16. The van der Waals surface area contributed by atoms with E-state index in [9.17, 15) is 14.5 Å². The van der Waals surface area contributed by atoms with Crippen molar-refractivity contribution in [1.29, 1.82) is 0 Å². The summed E-state index contributed by atoms with van der Waals surface area (Å²) in [6, 6.07) is 21.5. The molecule has 0 aliphatic heterocycles. The highest BCUT2D eigenvalue weighted by molar-refractivity contribution is 7.57. The van der Waals surface area contributed by atoms with Crippen LogP contribution in [0.25, 0.3) is 23.2 Å². The first kappa shape index (κ1) is 34.2. The molecule has 0 fully saturated rings. The smallest absolute Gasteiger partial charge is 0.354 e. The number of benzene rings is 3. The lowest BCUT2D eigenvalue weighted by Gasteiger charge is -2.13. The van der Waals surface area contributed by atoms with Crippen molar-refractivity contribution in [2.45, 2.75) is 34.0 Å². The van der Waals surface area contributed by atoms with Crippen molar-refractivity contribution in [3.05, 3.63) is 113 Å². The van der Waals surface area contributed by atoms with Crippen LogP contribution in [-0.2, 0) is 26.8 Å². The summed E-state index contributed by atoms with van der Waals surface area (Å²) < 4.78 is 49.1. The zero-order chi connectivity index (χ0) is 34.1. The number of carbonyl (C=O) groups is 1. The maximum absolute atomic E-state index is 13.1. The maximum Gasteiger partial charge on any atom is 0.354 e. The number of methoxy groups -OCH3 is 1. The Bertz CT molecular complexity index is 1920. The van der Waals surface area contributed by atoms with Gasteiger partial charge in [-0.05, 0) is 68.8 Å². The van der Waals surface area contributed by atoms with Gasteiger partial charge in [-0.2, -0.15) is 0 Å². The number of ether oxygens (including phenoxy) is 3. The predicted molar refractivity (Wildman–Crippen MR) is 179 cm³/mol. The first-order valence-corrected chi connectivity index (χ1v) is 16.8. The van der Waals surface area contributed by atoms with Gasteiger partial charge in [-0.25, -0.2) is 14.5 Å². The Balaban J connectivity index is 1.32. The highest BCUT2D eigenvalue weighted by Crippen LogP contribution is 2.50. The van der Waals surface area contributed by atoms with Crippen LogP contribution in [-0.4, -0.2) is 46.2 Å². The van der Waals surface area contributed by atoms with Crippen LogP contribution in [0.1, 0.15) is 46.8 Å². The van der Waals surface area contributed by atoms with Crippen LogP contribution >= 0.6 is 7.60 Å².